The van der Waals surface area contributed by atoms with Gasteiger partial charge in [0.1, 0.15) is 13.2 Å². The molecule has 0 saturated carbocycles. The van der Waals surface area contributed by atoms with Crippen molar-refractivity contribution >= 4 is 67.0 Å². The van der Waals surface area contributed by atoms with Crippen LogP contribution in [0.4, 0.5) is 5.69 Å². The Morgan fingerprint density at radius 3 is 2.51 bits per heavy atom. The normalized spacial score (nSPS) is 11.4. The summed E-state index contributed by atoms with van der Waals surface area (Å²) in [6.45, 7) is 1.58. The molecule has 0 aliphatic heterocycles. The minimum absolute atomic E-state index is 0.229. The number of carbonyl (C=O) groups excluding carboxylic acids is 1. The molecule has 0 fully saturated rings. The summed E-state index contributed by atoms with van der Waals surface area (Å²) in [6.07, 6.45) is 2.46. The number of anilines is 1. The fourth-order valence-electron chi connectivity index (χ4n) is 3.31. The number of hydrogen-bond donors (Lipinski definition) is 1. The Morgan fingerprint density at radius 2 is 1.86 bits per heavy atom. The van der Waals surface area contributed by atoms with Crippen LogP contribution in [0.3, 0.4) is 0 Å². The first kappa shape index (κ1) is 28.8. The molecule has 37 heavy (non-hydrogen) atoms. The molecule has 0 aliphatic rings. The fourth-order valence-corrected chi connectivity index (χ4v) is 5.12. The van der Waals surface area contributed by atoms with E-state index in [0.29, 0.717) is 37.3 Å². The monoisotopic (exact) mass is 627 g/mol. The lowest BCUT2D eigenvalue weighted by Crippen LogP contribution is -2.39. The Morgan fingerprint density at radius 1 is 1.14 bits per heavy atom. The number of methoxy groups -OCH3 is 1. The summed E-state index contributed by atoms with van der Waals surface area (Å²) in [5.41, 5.74) is 4.94. The van der Waals surface area contributed by atoms with Crippen molar-refractivity contribution in [3.05, 3.63) is 85.8 Å². The molecule has 0 spiro atoms. The maximum absolute atomic E-state index is 12.5. The van der Waals surface area contributed by atoms with Crippen molar-refractivity contribution in [3.63, 3.8) is 0 Å². The number of rotatable bonds is 10. The average Bonchev–Trinajstić information content (AvgIpc) is 2.83. The van der Waals surface area contributed by atoms with E-state index in [0.717, 1.165) is 21.7 Å². The number of hydrazone groups is 1. The maximum atomic E-state index is 12.5. The van der Waals surface area contributed by atoms with Gasteiger partial charge in [-0.25, -0.2) is 13.8 Å². The second kappa shape index (κ2) is 12.6. The number of nitrogens with one attached hydrogen (secondary N) is 1. The second-order valence-electron chi connectivity index (χ2n) is 7.92. The summed E-state index contributed by atoms with van der Waals surface area (Å²) >= 11 is 15.5. The number of ether oxygens (including phenoxy) is 2. The number of hydrogen-bond acceptors (Lipinski definition) is 6. The first-order chi connectivity index (χ1) is 17.5. The molecular formula is C25H24BrCl2N3O5S. The SMILES string of the molecule is COc1cc(/C=N\NC(=O)CN(c2ccccc2C)S(C)(=O)=O)cc(Br)c1OCc1ccc(Cl)c(Cl)c1. The number of aryl methyl sites for hydroxylation is 1. The molecule has 8 nitrogen and oxygen atoms in total. The number of halogens is 3. The van der Waals surface area contributed by atoms with Gasteiger partial charge in [-0.3, -0.25) is 9.10 Å². The minimum Gasteiger partial charge on any atom is -0.493 e. The van der Waals surface area contributed by atoms with Crippen LogP contribution in [0.2, 0.25) is 10.0 Å². The van der Waals surface area contributed by atoms with Crippen LogP contribution in [-0.4, -0.2) is 40.4 Å². The van der Waals surface area contributed by atoms with Crippen molar-refractivity contribution in [2.24, 2.45) is 5.10 Å². The molecule has 3 aromatic rings. The molecule has 1 amide bonds. The van der Waals surface area contributed by atoms with Crippen LogP contribution in [0.15, 0.2) is 64.2 Å². The Hall–Kier alpha value is -2.79. The van der Waals surface area contributed by atoms with Crippen LogP contribution < -0.4 is 19.2 Å². The van der Waals surface area contributed by atoms with Crippen molar-refractivity contribution < 1.29 is 22.7 Å². The zero-order valence-corrected chi connectivity index (χ0v) is 24.1. The van der Waals surface area contributed by atoms with Gasteiger partial charge in [0.05, 0.1) is 39.8 Å². The molecule has 0 heterocycles. The molecule has 0 aliphatic carbocycles. The topological polar surface area (TPSA) is 97.3 Å². The second-order valence-corrected chi connectivity index (χ2v) is 11.5. The predicted molar refractivity (Wildman–Crippen MR) is 151 cm³/mol. The highest BCUT2D eigenvalue weighted by molar-refractivity contribution is 9.10. The molecule has 0 bridgehead atoms. The zero-order chi connectivity index (χ0) is 27.2. The van der Waals surface area contributed by atoms with Crippen molar-refractivity contribution in [2.75, 3.05) is 24.2 Å². The van der Waals surface area contributed by atoms with Crippen LogP contribution in [0, 0.1) is 6.92 Å². The minimum atomic E-state index is -3.69. The molecule has 0 atom stereocenters. The molecule has 0 aromatic heterocycles. The lowest BCUT2D eigenvalue weighted by molar-refractivity contribution is -0.119. The molecule has 3 aromatic carbocycles. The van der Waals surface area contributed by atoms with E-state index in [9.17, 15) is 13.2 Å². The van der Waals surface area contributed by atoms with E-state index in [1.807, 2.05) is 6.07 Å². The molecular weight excluding hydrogens is 605 g/mol. The van der Waals surface area contributed by atoms with Gasteiger partial charge in [-0.1, -0.05) is 47.5 Å². The quantitative estimate of drug-likeness (QED) is 0.234. The zero-order valence-electron chi connectivity index (χ0n) is 20.2. The van der Waals surface area contributed by atoms with Gasteiger partial charge < -0.3 is 9.47 Å². The first-order valence-electron chi connectivity index (χ1n) is 10.8. The fraction of sp³-hybridized carbons (Fsp3) is 0.200. The third-order valence-corrected chi connectivity index (χ3v) is 7.55. The van der Waals surface area contributed by atoms with E-state index < -0.39 is 22.5 Å². The lowest BCUT2D eigenvalue weighted by atomic mass is 10.2. The summed E-state index contributed by atoms with van der Waals surface area (Å²) in [5.74, 6) is 0.305. The van der Waals surface area contributed by atoms with Gasteiger partial charge in [0.25, 0.3) is 5.91 Å². The van der Waals surface area contributed by atoms with E-state index in [2.05, 4.69) is 26.5 Å². The molecule has 12 heteroatoms. The molecule has 1 N–H and O–H groups in total. The van der Waals surface area contributed by atoms with Gasteiger partial charge in [-0.15, -0.1) is 0 Å². The Kier molecular flexibility index (Phi) is 9.83. The summed E-state index contributed by atoms with van der Waals surface area (Å²) in [6, 6.07) is 15.5. The van der Waals surface area contributed by atoms with Gasteiger partial charge in [0, 0.05) is 0 Å². The van der Waals surface area contributed by atoms with Crippen molar-refractivity contribution in [1.82, 2.24) is 5.43 Å². The third kappa shape index (κ3) is 7.85. The van der Waals surface area contributed by atoms with Gasteiger partial charge in [-0.05, 0) is 69.9 Å². The van der Waals surface area contributed by atoms with E-state index in [-0.39, 0.29) is 6.61 Å². The van der Waals surface area contributed by atoms with Crippen LogP contribution in [-0.2, 0) is 21.4 Å². The van der Waals surface area contributed by atoms with Crippen molar-refractivity contribution in [1.29, 1.82) is 0 Å². The predicted octanol–water partition coefficient (Wildman–Crippen LogP) is 5.57. The third-order valence-electron chi connectivity index (χ3n) is 5.09. The summed E-state index contributed by atoms with van der Waals surface area (Å²) in [4.78, 5) is 12.5. The smallest absolute Gasteiger partial charge is 0.260 e. The van der Waals surface area contributed by atoms with E-state index in [4.69, 9.17) is 32.7 Å². The van der Waals surface area contributed by atoms with Gasteiger partial charge >= 0.3 is 0 Å². The Labute approximate surface area is 234 Å². The molecule has 3 rings (SSSR count). The average molecular weight is 629 g/mol. The number of carbonyl (C=O) groups is 1. The van der Waals surface area contributed by atoms with Crippen LogP contribution in [0.25, 0.3) is 0 Å². The van der Waals surface area contributed by atoms with Crippen LogP contribution >= 0.6 is 39.1 Å². The standard InChI is InChI=1S/C25H24BrCl2N3O5S/c1-16-6-4-5-7-22(16)31(37(3,33)34)14-24(32)30-29-13-18-10-19(26)25(23(12-18)35-2)36-15-17-8-9-20(27)21(28)11-17/h4-13H,14-15H2,1-3H3,(H,30,32)/b29-13-. The van der Waals surface area contributed by atoms with Crippen molar-refractivity contribution in [3.8, 4) is 11.5 Å². The molecule has 0 unspecified atom stereocenters. The highest BCUT2D eigenvalue weighted by Gasteiger charge is 2.22. The van der Waals surface area contributed by atoms with Crippen LogP contribution in [0.1, 0.15) is 16.7 Å². The molecule has 0 radical (unpaired) electrons. The van der Waals surface area contributed by atoms with Gasteiger partial charge in [0.15, 0.2) is 11.5 Å². The maximum Gasteiger partial charge on any atom is 0.260 e. The summed E-state index contributed by atoms with van der Waals surface area (Å²) < 4.78 is 37.6. The largest absolute Gasteiger partial charge is 0.493 e. The van der Waals surface area contributed by atoms with Gasteiger partial charge in [0.2, 0.25) is 10.0 Å². The molecule has 0 saturated heterocycles. The van der Waals surface area contributed by atoms with Crippen LogP contribution in [0.5, 0.6) is 11.5 Å². The number of para-hydroxylation sites is 1. The Balaban J connectivity index is 1.69. The lowest BCUT2D eigenvalue weighted by Gasteiger charge is -2.23. The number of sulfonamides is 1. The Bertz CT molecular complexity index is 1430. The highest BCUT2D eigenvalue weighted by atomic mass is 79.9. The van der Waals surface area contributed by atoms with E-state index >= 15 is 0 Å². The number of benzene rings is 3. The number of nitrogens with zero attached hydrogens (tertiary/aromatic N) is 2. The van der Waals surface area contributed by atoms with E-state index in [1.54, 1.807) is 55.5 Å². The highest BCUT2D eigenvalue weighted by Crippen LogP contribution is 2.37. The summed E-state index contributed by atoms with van der Waals surface area (Å²) in [5, 5.41) is 4.85. The van der Waals surface area contributed by atoms with Crippen molar-refractivity contribution in [2.45, 2.75) is 13.5 Å². The van der Waals surface area contributed by atoms with Gasteiger partial charge in [-0.2, -0.15) is 5.10 Å². The number of amides is 1. The molecule has 196 valence electrons. The van der Waals surface area contributed by atoms with E-state index in [1.165, 1.54) is 13.3 Å². The first-order valence-corrected chi connectivity index (χ1v) is 14.2. The summed E-state index contributed by atoms with van der Waals surface area (Å²) in [7, 11) is -2.19.